The summed E-state index contributed by atoms with van der Waals surface area (Å²) >= 11 is 0. The van der Waals surface area contributed by atoms with Crippen molar-refractivity contribution in [2.75, 3.05) is 7.11 Å². The molecular weight excluding hydrogens is 326 g/mol. The highest BCUT2D eigenvalue weighted by Crippen LogP contribution is 2.42. The quantitative estimate of drug-likeness (QED) is 0.701. The largest absolute Gasteiger partial charge is 0.478 e. The first-order valence-electron chi connectivity index (χ1n) is 8.22. The topological polar surface area (TPSA) is 113 Å². The van der Waals surface area contributed by atoms with Crippen molar-refractivity contribution in [2.45, 2.75) is 49.9 Å². The summed E-state index contributed by atoms with van der Waals surface area (Å²) in [7, 11) is 1.60. The van der Waals surface area contributed by atoms with Gasteiger partial charge in [-0.2, -0.15) is 0 Å². The van der Waals surface area contributed by atoms with Gasteiger partial charge in [-0.25, -0.2) is 4.79 Å². The summed E-state index contributed by atoms with van der Waals surface area (Å²) in [5.74, 6) is -2.83. The molecule has 0 aromatic heterocycles. The third kappa shape index (κ3) is 2.54. The first-order chi connectivity index (χ1) is 11.7. The number of Topliss-reactive ketones (excluding diaryl/α,β-unsaturated/α-hetero) is 1. The van der Waals surface area contributed by atoms with Crippen LogP contribution in [0.3, 0.4) is 0 Å². The third-order valence-electron chi connectivity index (χ3n) is 5.36. The lowest BCUT2D eigenvalue weighted by atomic mass is 9.73. The summed E-state index contributed by atoms with van der Waals surface area (Å²) in [5.41, 5.74) is -3.43. The van der Waals surface area contributed by atoms with Crippen molar-refractivity contribution in [3.8, 4) is 0 Å². The molecule has 1 aliphatic carbocycles. The van der Waals surface area contributed by atoms with Gasteiger partial charge in [0.15, 0.2) is 0 Å². The molecule has 1 saturated heterocycles. The van der Waals surface area contributed by atoms with Crippen LogP contribution in [0.15, 0.2) is 18.2 Å². The van der Waals surface area contributed by atoms with E-state index in [2.05, 4.69) is 5.32 Å². The van der Waals surface area contributed by atoms with Crippen LogP contribution in [0.1, 0.15) is 47.2 Å². The zero-order chi connectivity index (χ0) is 18.4. The van der Waals surface area contributed by atoms with Crippen LogP contribution in [0.25, 0.3) is 0 Å². The molecule has 0 radical (unpaired) electrons. The van der Waals surface area contributed by atoms with E-state index in [1.807, 2.05) is 0 Å². The maximum Gasteiger partial charge on any atom is 0.336 e. The Kier molecular flexibility index (Phi) is 4.17. The lowest BCUT2D eigenvalue weighted by Gasteiger charge is -2.35. The number of hydrogen-bond acceptors (Lipinski definition) is 5. The zero-order valence-corrected chi connectivity index (χ0v) is 14.2. The molecule has 1 aromatic carbocycles. The van der Waals surface area contributed by atoms with E-state index in [0.717, 1.165) is 0 Å². The number of nitrogens with one attached hydrogen (secondary N) is 1. The summed E-state index contributed by atoms with van der Waals surface area (Å²) in [4.78, 5) is 37.3. The van der Waals surface area contributed by atoms with Gasteiger partial charge in [-0.05, 0) is 38.7 Å². The van der Waals surface area contributed by atoms with Crippen LogP contribution >= 0.6 is 0 Å². The average molecular weight is 347 g/mol. The molecule has 1 heterocycles. The molecule has 2 aliphatic rings. The van der Waals surface area contributed by atoms with Gasteiger partial charge >= 0.3 is 5.97 Å². The van der Waals surface area contributed by atoms with Crippen molar-refractivity contribution in [3.63, 3.8) is 0 Å². The van der Waals surface area contributed by atoms with Gasteiger partial charge in [0.2, 0.25) is 11.4 Å². The molecule has 1 aliphatic heterocycles. The minimum Gasteiger partial charge on any atom is -0.478 e. The van der Waals surface area contributed by atoms with Crippen LogP contribution in [-0.4, -0.2) is 46.6 Å². The lowest BCUT2D eigenvalue weighted by Crippen LogP contribution is -2.51. The molecule has 1 unspecified atom stereocenters. The van der Waals surface area contributed by atoms with E-state index in [1.165, 1.54) is 12.1 Å². The molecule has 0 bridgehead atoms. The highest BCUT2D eigenvalue weighted by atomic mass is 16.5. The van der Waals surface area contributed by atoms with Gasteiger partial charge in [0.25, 0.3) is 5.91 Å². The molecule has 1 spiro atoms. The Labute approximate surface area is 145 Å². The molecule has 3 rings (SSSR count). The van der Waals surface area contributed by atoms with Crippen molar-refractivity contribution in [2.24, 2.45) is 0 Å². The molecule has 7 heteroatoms. The van der Waals surface area contributed by atoms with Crippen molar-refractivity contribution in [1.82, 2.24) is 5.32 Å². The number of aromatic carboxylic acids is 1. The van der Waals surface area contributed by atoms with Crippen LogP contribution in [0, 0.1) is 6.92 Å². The van der Waals surface area contributed by atoms with Gasteiger partial charge in [0.1, 0.15) is 5.54 Å². The van der Waals surface area contributed by atoms with Gasteiger partial charge in [-0.15, -0.1) is 0 Å². The van der Waals surface area contributed by atoms with Crippen molar-refractivity contribution < 1.29 is 29.3 Å². The number of rotatable bonds is 3. The molecule has 1 saturated carbocycles. The SMILES string of the molecule is COC1CCC2(CC1)NC(=O)C(O)(c1cc(C)ccc1C(=O)O)C2=O. The van der Waals surface area contributed by atoms with Crippen molar-refractivity contribution in [1.29, 1.82) is 0 Å². The standard InChI is InChI=1S/C18H21NO6/c1-10-3-4-12(14(20)21)13(9-10)18(24)15(22)17(19-16(18)23)7-5-11(25-2)6-8-17/h3-4,9,11,24H,5-8H2,1-2H3,(H,19,23)(H,20,21). The number of methoxy groups -OCH3 is 1. The summed E-state index contributed by atoms with van der Waals surface area (Å²) < 4.78 is 5.29. The number of aliphatic hydroxyl groups is 1. The Morgan fingerprint density at radius 1 is 1.28 bits per heavy atom. The number of ether oxygens (including phenoxy) is 1. The van der Waals surface area contributed by atoms with E-state index in [4.69, 9.17) is 4.74 Å². The van der Waals surface area contributed by atoms with Gasteiger partial charge in [0, 0.05) is 12.7 Å². The molecule has 134 valence electrons. The number of amides is 1. The van der Waals surface area contributed by atoms with E-state index >= 15 is 0 Å². The number of carbonyl (C=O) groups excluding carboxylic acids is 2. The van der Waals surface area contributed by atoms with E-state index in [-0.39, 0.29) is 17.2 Å². The maximum atomic E-state index is 13.1. The predicted molar refractivity (Wildman–Crippen MR) is 87.2 cm³/mol. The highest BCUT2D eigenvalue weighted by Gasteiger charge is 2.63. The van der Waals surface area contributed by atoms with E-state index in [0.29, 0.717) is 31.2 Å². The molecule has 1 amide bonds. The van der Waals surface area contributed by atoms with Gasteiger partial charge in [0.05, 0.1) is 11.7 Å². The summed E-state index contributed by atoms with van der Waals surface area (Å²) in [5, 5.41) is 23.1. The van der Waals surface area contributed by atoms with Gasteiger partial charge in [-0.1, -0.05) is 17.7 Å². The first-order valence-corrected chi connectivity index (χ1v) is 8.22. The lowest BCUT2D eigenvalue weighted by molar-refractivity contribution is -0.147. The van der Waals surface area contributed by atoms with Crippen LogP contribution in [0.4, 0.5) is 0 Å². The highest BCUT2D eigenvalue weighted by molar-refractivity contribution is 6.20. The Bertz CT molecular complexity index is 750. The Morgan fingerprint density at radius 2 is 1.92 bits per heavy atom. The molecule has 3 N–H and O–H groups in total. The maximum absolute atomic E-state index is 13.1. The van der Waals surface area contributed by atoms with Gasteiger partial charge in [-0.3, -0.25) is 9.59 Å². The number of carboxylic acid groups (broad SMARTS) is 1. The monoisotopic (exact) mass is 347 g/mol. The van der Waals surface area contributed by atoms with E-state index in [9.17, 15) is 24.6 Å². The molecule has 1 aromatic rings. The smallest absolute Gasteiger partial charge is 0.336 e. The van der Waals surface area contributed by atoms with E-state index in [1.54, 1.807) is 20.1 Å². The molecule has 1 atom stereocenters. The fourth-order valence-corrected chi connectivity index (χ4v) is 3.87. The minimum absolute atomic E-state index is 0.0116. The van der Waals surface area contributed by atoms with Crippen molar-refractivity contribution >= 4 is 17.7 Å². The summed E-state index contributed by atoms with van der Waals surface area (Å²) in [6, 6.07) is 4.26. The van der Waals surface area contributed by atoms with Crippen LogP contribution in [-0.2, 0) is 19.9 Å². The predicted octanol–water partition coefficient (Wildman–Crippen LogP) is 0.908. The number of aryl methyl sites for hydroxylation is 1. The minimum atomic E-state index is -2.49. The zero-order valence-electron chi connectivity index (χ0n) is 14.2. The normalized spacial score (nSPS) is 32.0. The first kappa shape index (κ1) is 17.6. The van der Waals surface area contributed by atoms with Crippen LogP contribution in [0.2, 0.25) is 0 Å². The second-order valence-corrected chi connectivity index (χ2v) is 6.87. The van der Waals surface area contributed by atoms with E-state index < -0.39 is 28.8 Å². The van der Waals surface area contributed by atoms with Gasteiger partial charge < -0.3 is 20.3 Å². The van der Waals surface area contributed by atoms with Crippen LogP contribution in [0.5, 0.6) is 0 Å². The molecule has 7 nitrogen and oxygen atoms in total. The fourth-order valence-electron chi connectivity index (χ4n) is 3.87. The Hall–Kier alpha value is -2.25. The summed E-state index contributed by atoms with van der Waals surface area (Å²) in [6.07, 6.45) is 1.88. The third-order valence-corrected chi connectivity index (χ3v) is 5.36. The number of carboxylic acids is 1. The Morgan fingerprint density at radius 3 is 2.48 bits per heavy atom. The number of benzene rings is 1. The molecular formula is C18H21NO6. The Balaban J connectivity index is 2.06. The fraction of sp³-hybridized carbons (Fsp3) is 0.500. The summed E-state index contributed by atoms with van der Waals surface area (Å²) in [6.45, 7) is 1.70. The van der Waals surface area contributed by atoms with Crippen molar-refractivity contribution in [3.05, 3.63) is 34.9 Å². The van der Waals surface area contributed by atoms with Crippen LogP contribution < -0.4 is 5.32 Å². The second kappa shape index (κ2) is 5.93. The number of hydrogen-bond donors (Lipinski definition) is 3. The average Bonchev–Trinajstić information content (AvgIpc) is 2.77. The number of ketones is 1. The number of carbonyl (C=O) groups is 3. The molecule has 25 heavy (non-hydrogen) atoms. The molecule has 2 fully saturated rings. The second-order valence-electron chi connectivity index (χ2n) is 6.87.